The average molecular weight is 386 g/mol. The molecule has 2 aliphatic carbocycles. The van der Waals surface area contributed by atoms with E-state index in [1.54, 1.807) is 0 Å². The molecule has 0 N–H and O–H groups in total. The van der Waals surface area contributed by atoms with Crippen LogP contribution in [0.15, 0.2) is 18.4 Å². The van der Waals surface area contributed by atoms with Crippen molar-refractivity contribution in [2.45, 2.75) is 32.1 Å². The highest BCUT2D eigenvalue weighted by atomic mass is 16.2. The van der Waals surface area contributed by atoms with E-state index in [0.29, 0.717) is 18.5 Å². The average Bonchev–Trinajstić information content (AvgIpc) is 3.38. The molecule has 1 aromatic heterocycles. The van der Waals surface area contributed by atoms with Crippen molar-refractivity contribution in [2.24, 2.45) is 23.7 Å². The first-order valence-corrected chi connectivity index (χ1v) is 10.6. The number of carbonyl (C=O) groups is 2. The molecule has 7 nitrogen and oxygen atoms in total. The number of hydrogen-bond acceptors (Lipinski definition) is 6. The third-order valence-electron chi connectivity index (χ3n) is 7.05. The number of fused-ring (bicyclic) bond motifs is 5. The van der Waals surface area contributed by atoms with Crippen LogP contribution in [0.3, 0.4) is 0 Å². The third-order valence-corrected chi connectivity index (χ3v) is 7.05. The molecule has 2 amide bonds. The second kappa shape index (κ2) is 7.43. The van der Waals surface area contributed by atoms with Crippen molar-refractivity contribution in [3.63, 3.8) is 0 Å². The molecule has 4 fully saturated rings. The molecule has 2 bridgehead atoms. The Kier molecular flexibility index (Phi) is 4.20. The van der Waals surface area contributed by atoms with Gasteiger partial charge in [-0.15, -0.1) is 0 Å². The van der Waals surface area contributed by atoms with Crippen molar-refractivity contribution in [1.82, 2.24) is 19.8 Å². The van der Waals surface area contributed by atoms with Crippen molar-refractivity contribution >= 4 is 17.8 Å². The lowest BCUT2D eigenvalue weighted by atomic mass is 9.81. The SMILES string of the molecule is [2H]c1cnc(N2CCN(CCCCN3C(=O)[C@@H]4[C@@H]5CC([2H])[C@@H](C5)[C@@H]4C3=O)CC2)nc1. The molecule has 5 rings (SSSR count). The number of aromatic nitrogens is 2. The van der Waals surface area contributed by atoms with E-state index < -0.39 is 0 Å². The minimum atomic E-state index is -0.196. The van der Waals surface area contributed by atoms with Gasteiger partial charge in [0.1, 0.15) is 0 Å². The summed E-state index contributed by atoms with van der Waals surface area (Å²) in [6, 6.07) is 0.322. The Bertz CT molecular complexity index is 814. The lowest BCUT2D eigenvalue weighted by molar-refractivity contribution is -0.140. The number of carbonyl (C=O) groups excluding carboxylic acids is 2. The summed E-state index contributed by atoms with van der Waals surface area (Å²) in [5.74, 6) is 0.784. The Balaban J connectivity index is 1.05. The van der Waals surface area contributed by atoms with Gasteiger partial charge in [0.25, 0.3) is 0 Å². The molecule has 1 unspecified atom stereocenters. The predicted molar refractivity (Wildman–Crippen MR) is 104 cm³/mol. The number of hydrogen-bond donors (Lipinski definition) is 0. The van der Waals surface area contributed by atoms with Crippen LogP contribution in [-0.2, 0) is 9.59 Å². The number of nitrogens with zero attached hydrogens (tertiary/aromatic N) is 5. The van der Waals surface area contributed by atoms with E-state index in [0.717, 1.165) is 58.4 Å². The molecule has 4 aliphatic rings. The molecule has 150 valence electrons. The van der Waals surface area contributed by atoms with Gasteiger partial charge in [-0.3, -0.25) is 19.4 Å². The highest BCUT2D eigenvalue weighted by Gasteiger charge is 2.60. The summed E-state index contributed by atoms with van der Waals surface area (Å²) in [4.78, 5) is 40.1. The quantitative estimate of drug-likeness (QED) is 0.545. The summed E-state index contributed by atoms with van der Waals surface area (Å²) in [5.41, 5.74) is 0. The number of amides is 2. The number of unbranched alkanes of at least 4 members (excludes halogenated alkanes) is 1. The second-order valence-corrected chi connectivity index (χ2v) is 8.53. The molecule has 28 heavy (non-hydrogen) atoms. The van der Waals surface area contributed by atoms with Gasteiger partial charge in [0, 0.05) is 46.5 Å². The number of anilines is 1. The third kappa shape index (κ3) is 3.09. The second-order valence-electron chi connectivity index (χ2n) is 8.53. The molecular weight excluding hydrogens is 354 g/mol. The molecular formula is C21H29N5O2. The Hall–Kier alpha value is -2.02. The summed E-state index contributed by atoms with van der Waals surface area (Å²) in [5, 5.41) is 0. The van der Waals surface area contributed by atoms with Gasteiger partial charge < -0.3 is 4.90 Å². The van der Waals surface area contributed by atoms with Crippen LogP contribution in [0.2, 0.25) is 0 Å². The number of likely N-dealkylation sites (tertiary alicyclic amines) is 1. The van der Waals surface area contributed by atoms with Gasteiger partial charge in [-0.2, -0.15) is 0 Å². The van der Waals surface area contributed by atoms with Gasteiger partial charge in [0.15, 0.2) is 0 Å². The number of rotatable bonds is 6. The van der Waals surface area contributed by atoms with E-state index in [2.05, 4.69) is 19.8 Å². The van der Waals surface area contributed by atoms with Crippen molar-refractivity contribution in [3.05, 3.63) is 18.4 Å². The zero-order valence-corrected chi connectivity index (χ0v) is 16.2. The van der Waals surface area contributed by atoms with Crippen LogP contribution < -0.4 is 4.90 Å². The normalized spacial score (nSPS) is 36.1. The van der Waals surface area contributed by atoms with Crippen LogP contribution >= 0.6 is 0 Å². The van der Waals surface area contributed by atoms with E-state index in [4.69, 9.17) is 2.74 Å². The van der Waals surface area contributed by atoms with Gasteiger partial charge in [-0.25, -0.2) is 9.97 Å². The maximum absolute atomic E-state index is 12.8. The summed E-state index contributed by atoms with van der Waals surface area (Å²) in [6.07, 6.45) is 6.40. The molecule has 1 aromatic rings. The van der Waals surface area contributed by atoms with E-state index in [1.165, 1.54) is 17.3 Å². The van der Waals surface area contributed by atoms with E-state index in [1.807, 2.05) is 0 Å². The summed E-state index contributed by atoms with van der Waals surface area (Å²) in [7, 11) is 0. The molecule has 3 heterocycles. The van der Waals surface area contributed by atoms with Crippen molar-refractivity contribution in [1.29, 1.82) is 0 Å². The first kappa shape index (κ1) is 15.9. The maximum atomic E-state index is 12.8. The molecule has 2 saturated heterocycles. The first-order valence-electron chi connectivity index (χ1n) is 11.6. The minimum absolute atomic E-state index is 0.00163. The topological polar surface area (TPSA) is 69.6 Å². The van der Waals surface area contributed by atoms with Crippen LogP contribution in [0.5, 0.6) is 0 Å². The Morgan fingerprint density at radius 1 is 1.00 bits per heavy atom. The van der Waals surface area contributed by atoms with Crippen LogP contribution in [0.1, 0.15) is 34.8 Å². The summed E-state index contributed by atoms with van der Waals surface area (Å²) >= 11 is 0. The lowest BCUT2D eigenvalue weighted by Gasteiger charge is -2.34. The zero-order chi connectivity index (χ0) is 20.8. The van der Waals surface area contributed by atoms with Crippen LogP contribution in [0, 0.1) is 23.7 Å². The van der Waals surface area contributed by atoms with Crippen molar-refractivity contribution in [3.8, 4) is 0 Å². The Labute approximate surface area is 168 Å². The fraction of sp³-hybridized carbons (Fsp3) is 0.714. The predicted octanol–water partition coefficient (Wildman–Crippen LogP) is 1.41. The van der Waals surface area contributed by atoms with Crippen LogP contribution in [-0.4, -0.2) is 70.9 Å². The lowest BCUT2D eigenvalue weighted by Crippen LogP contribution is -2.47. The van der Waals surface area contributed by atoms with Gasteiger partial charge in [0.2, 0.25) is 17.8 Å². The summed E-state index contributed by atoms with van der Waals surface area (Å²) in [6.45, 7) is 5.09. The highest BCUT2D eigenvalue weighted by molar-refractivity contribution is 6.06. The van der Waals surface area contributed by atoms with Crippen molar-refractivity contribution < 1.29 is 12.3 Å². The van der Waals surface area contributed by atoms with Gasteiger partial charge in [-0.05, 0) is 56.5 Å². The molecule has 2 saturated carbocycles. The summed E-state index contributed by atoms with van der Waals surface area (Å²) < 4.78 is 15.6. The van der Waals surface area contributed by atoms with Crippen molar-refractivity contribution in [2.75, 3.05) is 44.2 Å². The smallest absolute Gasteiger partial charge is 0.233 e. The van der Waals surface area contributed by atoms with E-state index in [-0.39, 0.29) is 41.9 Å². The van der Waals surface area contributed by atoms with Gasteiger partial charge >= 0.3 is 0 Å². The van der Waals surface area contributed by atoms with E-state index in [9.17, 15) is 9.59 Å². The Morgan fingerprint density at radius 3 is 2.43 bits per heavy atom. The standard InChI is InChI=1S/C21H29N5O2/c27-19-17-15-4-5-16(14-15)18(17)20(28)26(19)9-2-1-8-24-10-12-25(13-11-24)21-22-6-3-7-23-21/h3,6-7,15-18H,1-2,4-5,8-14H2/t15-,16+,17-,18+/i3D,4D/t4?,15-,16+,17-,18+/m0/s1. The monoisotopic (exact) mass is 385 g/mol. The zero-order valence-electron chi connectivity index (χ0n) is 18.2. The molecule has 2 aliphatic heterocycles. The van der Waals surface area contributed by atoms with Gasteiger partial charge in [-0.1, -0.05) is 0 Å². The van der Waals surface area contributed by atoms with Gasteiger partial charge in [0.05, 0.1) is 13.2 Å². The molecule has 5 atom stereocenters. The largest absolute Gasteiger partial charge is 0.338 e. The van der Waals surface area contributed by atoms with Crippen LogP contribution in [0.25, 0.3) is 0 Å². The fourth-order valence-electron chi connectivity index (χ4n) is 5.62. The minimum Gasteiger partial charge on any atom is -0.338 e. The molecule has 7 heteroatoms. The Morgan fingerprint density at radius 2 is 1.68 bits per heavy atom. The molecule has 0 spiro atoms. The first-order chi connectivity index (χ1) is 14.5. The number of imide groups is 1. The van der Waals surface area contributed by atoms with Crippen LogP contribution in [0.4, 0.5) is 5.95 Å². The van der Waals surface area contributed by atoms with E-state index >= 15 is 0 Å². The highest BCUT2D eigenvalue weighted by Crippen LogP contribution is 2.56. The fourth-order valence-corrected chi connectivity index (χ4v) is 5.62. The maximum Gasteiger partial charge on any atom is 0.233 e. The number of piperazine rings is 1. The molecule has 0 radical (unpaired) electrons. The molecule has 0 aromatic carbocycles.